The minimum Gasteiger partial charge on any atom is -0.496 e. The van der Waals surface area contributed by atoms with Crippen molar-refractivity contribution in [1.82, 2.24) is 4.90 Å². The SMILES string of the molecule is COC(=O)[C@@H](C)N1C(=O)S/C(=C/c2cc([N+](=O)[O-])ccc2OC)C1=O. The van der Waals surface area contributed by atoms with Gasteiger partial charge >= 0.3 is 5.97 Å². The molecular formula is C15H14N2O7S. The van der Waals surface area contributed by atoms with E-state index in [4.69, 9.17) is 4.74 Å². The van der Waals surface area contributed by atoms with Crippen LogP contribution in [-0.2, 0) is 14.3 Å². The molecular weight excluding hydrogens is 352 g/mol. The van der Waals surface area contributed by atoms with E-state index in [1.807, 2.05) is 0 Å². The summed E-state index contributed by atoms with van der Waals surface area (Å²) < 4.78 is 9.67. The van der Waals surface area contributed by atoms with Gasteiger partial charge in [-0.25, -0.2) is 4.79 Å². The summed E-state index contributed by atoms with van der Waals surface area (Å²) in [6.45, 7) is 1.37. The fourth-order valence-corrected chi connectivity index (χ4v) is 3.08. The number of nitrogens with zero attached hydrogens (tertiary/aromatic N) is 2. The molecule has 0 unspecified atom stereocenters. The molecule has 1 aromatic carbocycles. The summed E-state index contributed by atoms with van der Waals surface area (Å²) >= 11 is 0.632. The number of hydrogen-bond acceptors (Lipinski definition) is 8. The maximum Gasteiger partial charge on any atom is 0.328 e. The lowest BCUT2D eigenvalue weighted by Gasteiger charge is -2.18. The molecule has 1 atom stereocenters. The van der Waals surface area contributed by atoms with Crippen molar-refractivity contribution in [1.29, 1.82) is 0 Å². The van der Waals surface area contributed by atoms with Gasteiger partial charge in [0.15, 0.2) is 0 Å². The molecule has 1 fully saturated rings. The predicted octanol–water partition coefficient (Wildman–Crippen LogP) is 2.20. The smallest absolute Gasteiger partial charge is 0.328 e. The third-order valence-corrected chi connectivity index (χ3v) is 4.35. The molecule has 0 aromatic heterocycles. The Bertz CT molecular complexity index is 790. The highest BCUT2D eigenvalue weighted by Gasteiger charge is 2.41. The Morgan fingerprint density at radius 1 is 1.36 bits per heavy atom. The molecule has 1 aliphatic rings. The van der Waals surface area contributed by atoms with Crippen LogP contribution >= 0.6 is 11.8 Å². The number of methoxy groups -OCH3 is 2. The van der Waals surface area contributed by atoms with E-state index in [0.29, 0.717) is 17.5 Å². The molecule has 0 N–H and O–H groups in total. The normalized spacial score (nSPS) is 16.9. The van der Waals surface area contributed by atoms with Crippen LogP contribution in [0.5, 0.6) is 5.75 Å². The summed E-state index contributed by atoms with van der Waals surface area (Å²) in [4.78, 5) is 47.2. The molecule has 0 radical (unpaired) electrons. The highest BCUT2D eigenvalue weighted by Crippen LogP contribution is 2.36. The molecule has 2 amide bonds. The second kappa shape index (κ2) is 7.34. The summed E-state index contributed by atoms with van der Waals surface area (Å²) in [6, 6.07) is 2.82. The molecule has 2 rings (SSSR count). The van der Waals surface area contributed by atoms with Crippen molar-refractivity contribution in [3.8, 4) is 5.75 Å². The quantitative estimate of drug-likeness (QED) is 0.337. The number of nitro groups is 1. The number of carbonyl (C=O) groups excluding carboxylic acids is 3. The maximum absolute atomic E-state index is 12.4. The Balaban J connectivity index is 2.41. The number of thioether (sulfide) groups is 1. The van der Waals surface area contributed by atoms with Crippen LogP contribution in [0.2, 0.25) is 0 Å². The van der Waals surface area contributed by atoms with E-state index in [-0.39, 0.29) is 16.2 Å². The van der Waals surface area contributed by atoms with Crippen molar-refractivity contribution in [2.45, 2.75) is 13.0 Å². The summed E-state index contributed by atoms with van der Waals surface area (Å²) in [5.41, 5.74) is 0.0853. The maximum atomic E-state index is 12.4. The number of non-ortho nitro benzene ring substituents is 1. The number of esters is 1. The molecule has 0 spiro atoms. The summed E-state index contributed by atoms with van der Waals surface area (Å²) in [5, 5.41) is 10.3. The van der Waals surface area contributed by atoms with Gasteiger partial charge in [-0.15, -0.1) is 0 Å². The Morgan fingerprint density at radius 3 is 2.60 bits per heavy atom. The first-order chi connectivity index (χ1) is 11.8. The molecule has 0 saturated carbocycles. The van der Waals surface area contributed by atoms with Crippen molar-refractivity contribution in [2.24, 2.45) is 0 Å². The largest absolute Gasteiger partial charge is 0.496 e. The average Bonchev–Trinajstić information content (AvgIpc) is 2.86. The van der Waals surface area contributed by atoms with Gasteiger partial charge in [-0.1, -0.05) is 0 Å². The van der Waals surface area contributed by atoms with Crippen LogP contribution in [0.1, 0.15) is 12.5 Å². The van der Waals surface area contributed by atoms with Crippen LogP contribution in [-0.4, -0.2) is 47.2 Å². The van der Waals surface area contributed by atoms with Crippen molar-refractivity contribution in [3.63, 3.8) is 0 Å². The van der Waals surface area contributed by atoms with E-state index in [0.717, 1.165) is 12.0 Å². The minimum atomic E-state index is -1.07. The number of benzene rings is 1. The highest BCUT2D eigenvalue weighted by atomic mass is 32.2. The first-order valence-electron chi connectivity index (χ1n) is 6.97. The van der Waals surface area contributed by atoms with Crippen molar-refractivity contribution < 1.29 is 28.8 Å². The molecule has 0 bridgehead atoms. The monoisotopic (exact) mass is 366 g/mol. The average molecular weight is 366 g/mol. The number of hydrogen-bond donors (Lipinski definition) is 0. The highest BCUT2D eigenvalue weighted by molar-refractivity contribution is 8.18. The van der Waals surface area contributed by atoms with E-state index in [1.165, 1.54) is 38.3 Å². The van der Waals surface area contributed by atoms with Crippen LogP contribution < -0.4 is 4.74 Å². The van der Waals surface area contributed by atoms with Gasteiger partial charge in [0.1, 0.15) is 11.8 Å². The lowest BCUT2D eigenvalue weighted by Crippen LogP contribution is -2.42. The van der Waals surface area contributed by atoms with Gasteiger partial charge in [0.05, 0.1) is 24.0 Å². The van der Waals surface area contributed by atoms with E-state index in [1.54, 1.807) is 0 Å². The van der Waals surface area contributed by atoms with Crippen LogP contribution in [0.15, 0.2) is 23.1 Å². The van der Waals surface area contributed by atoms with Gasteiger partial charge in [0, 0.05) is 17.7 Å². The molecule has 1 heterocycles. The minimum absolute atomic E-state index is 0.0274. The number of ether oxygens (including phenoxy) is 2. The Hall–Kier alpha value is -2.88. The zero-order valence-corrected chi connectivity index (χ0v) is 14.4. The second-order valence-corrected chi connectivity index (χ2v) is 5.93. The molecule has 25 heavy (non-hydrogen) atoms. The molecule has 1 saturated heterocycles. The molecule has 132 valence electrons. The number of rotatable bonds is 5. The fraction of sp³-hybridized carbons (Fsp3) is 0.267. The van der Waals surface area contributed by atoms with Crippen molar-refractivity contribution in [2.75, 3.05) is 14.2 Å². The van der Waals surface area contributed by atoms with E-state index >= 15 is 0 Å². The third kappa shape index (κ3) is 3.63. The molecule has 10 heteroatoms. The molecule has 9 nitrogen and oxygen atoms in total. The van der Waals surface area contributed by atoms with Crippen LogP contribution in [0.3, 0.4) is 0 Å². The van der Waals surface area contributed by atoms with Gasteiger partial charge in [0.2, 0.25) is 0 Å². The zero-order chi connectivity index (χ0) is 18.7. The molecule has 0 aliphatic carbocycles. The first kappa shape index (κ1) is 18.5. The Morgan fingerprint density at radius 2 is 2.04 bits per heavy atom. The van der Waals surface area contributed by atoms with Gasteiger partial charge in [-0.05, 0) is 30.8 Å². The number of imide groups is 1. The molecule has 1 aromatic rings. The van der Waals surface area contributed by atoms with Crippen LogP contribution in [0.25, 0.3) is 6.08 Å². The van der Waals surface area contributed by atoms with Crippen LogP contribution in [0, 0.1) is 10.1 Å². The number of nitro benzene ring substituents is 1. The summed E-state index contributed by atoms with van der Waals surface area (Å²) in [5.74, 6) is -1.10. The summed E-state index contributed by atoms with van der Waals surface area (Å²) in [7, 11) is 2.53. The number of amides is 2. The van der Waals surface area contributed by atoms with E-state index in [9.17, 15) is 24.5 Å². The summed E-state index contributed by atoms with van der Waals surface area (Å²) in [6.07, 6.45) is 1.32. The third-order valence-electron chi connectivity index (χ3n) is 3.46. The standard InChI is InChI=1S/C15H14N2O7S/c1-8(14(19)24-3)16-13(18)12(25-15(16)20)7-9-6-10(17(21)22)4-5-11(9)23-2/h4-8H,1-3H3/b12-7+/t8-/m1/s1. The van der Waals surface area contributed by atoms with Gasteiger partial charge < -0.3 is 9.47 Å². The van der Waals surface area contributed by atoms with Gasteiger partial charge in [-0.2, -0.15) is 0 Å². The van der Waals surface area contributed by atoms with Crippen LogP contribution in [0.4, 0.5) is 10.5 Å². The Labute approximate surface area is 146 Å². The Kier molecular flexibility index (Phi) is 5.42. The lowest BCUT2D eigenvalue weighted by molar-refractivity contribution is -0.384. The van der Waals surface area contributed by atoms with Gasteiger partial charge in [-0.3, -0.25) is 24.6 Å². The lowest BCUT2D eigenvalue weighted by atomic mass is 10.1. The topological polar surface area (TPSA) is 116 Å². The van der Waals surface area contributed by atoms with Crippen molar-refractivity contribution >= 4 is 40.6 Å². The van der Waals surface area contributed by atoms with E-state index in [2.05, 4.69) is 4.74 Å². The second-order valence-electron chi connectivity index (χ2n) is 4.93. The zero-order valence-electron chi connectivity index (χ0n) is 13.5. The predicted molar refractivity (Wildman–Crippen MR) is 88.9 cm³/mol. The van der Waals surface area contributed by atoms with Gasteiger partial charge in [0.25, 0.3) is 16.8 Å². The van der Waals surface area contributed by atoms with E-state index < -0.39 is 28.1 Å². The molecule has 1 aliphatic heterocycles. The number of carbonyl (C=O) groups is 3. The van der Waals surface area contributed by atoms with Crippen molar-refractivity contribution in [3.05, 3.63) is 38.8 Å². The first-order valence-corrected chi connectivity index (χ1v) is 7.79. The fourth-order valence-electron chi connectivity index (χ4n) is 2.18.